The molecule has 2 N–H and O–H groups in total. The Bertz CT molecular complexity index is 824. The van der Waals surface area contributed by atoms with Gasteiger partial charge in [-0.2, -0.15) is 0 Å². The van der Waals surface area contributed by atoms with Crippen LogP contribution in [-0.4, -0.2) is 39.4 Å². The van der Waals surface area contributed by atoms with Gasteiger partial charge in [-0.15, -0.1) is 0 Å². The van der Waals surface area contributed by atoms with E-state index in [0.717, 1.165) is 38.5 Å². The van der Waals surface area contributed by atoms with E-state index in [2.05, 4.69) is 34.3 Å². The number of rotatable bonds is 6. The second-order valence-corrected chi connectivity index (χ2v) is 14.3. The maximum Gasteiger partial charge on any atom is 0.138 e. The van der Waals surface area contributed by atoms with Crippen LogP contribution in [0.1, 0.15) is 113 Å². The number of carbonyl (C=O) groups excluding carboxylic acids is 1. The van der Waals surface area contributed by atoms with E-state index in [1.807, 2.05) is 6.92 Å². The summed E-state index contributed by atoms with van der Waals surface area (Å²) >= 11 is 0. The molecule has 34 heavy (non-hydrogen) atoms. The standard InChI is InChI=1S/C30H50O4/c1-19(9-12-24(32)30(8)18-15-25(34-30)27(4,5)33)20-10-11-22-28(20,6)16-13-21-26(2,3)23(31)14-17-29(21,22)7/h20-22,24-25,32-33H,1,9-18H2,2-8H3/t20-,21+,22+,24+,25-,28+,29+,30-/m1/s1. The molecule has 4 aliphatic rings. The first-order valence-corrected chi connectivity index (χ1v) is 13.8. The average molecular weight is 475 g/mol. The fraction of sp³-hybridized carbons (Fsp3) is 0.900. The quantitative estimate of drug-likeness (QED) is 0.448. The summed E-state index contributed by atoms with van der Waals surface area (Å²) < 4.78 is 6.18. The summed E-state index contributed by atoms with van der Waals surface area (Å²) in [4.78, 5) is 12.8. The number of ketones is 1. The van der Waals surface area contributed by atoms with Crippen LogP contribution in [0, 0.1) is 34.0 Å². The first kappa shape index (κ1) is 26.4. The minimum atomic E-state index is -0.887. The van der Waals surface area contributed by atoms with Crippen molar-refractivity contribution >= 4 is 5.78 Å². The van der Waals surface area contributed by atoms with E-state index in [4.69, 9.17) is 4.74 Å². The van der Waals surface area contributed by atoms with Crippen LogP contribution in [-0.2, 0) is 9.53 Å². The van der Waals surface area contributed by atoms with Gasteiger partial charge < -0.3 is 14.9 Å². The molecule has 3 saturated carbocycles. The Morgan fingerprint density at radius 3 is 2.32 bits per heavy atom. The Morgan fingerprint density at radius 2 is 1.71 bits per heavy atom. The highest BCUT2D eigenvalue weighted by Crippen LogP contribution is 2.70. The van der Waals surface area contributed by atoms with Crippen molar-refractivity contribution in [2.24, 2.45) is 34.0 Å². The number of fused-ring (bicyclic) bond motifs is 3. The van der Waals surface area contributed by atoms with Gasteiger partial charge in [-0.05, 0) is 107 Å². The third kappa shape index (κ3) is 4.04. The summed E-state index contributed by atoms with van der Waals surface area (Å²) in [5.41, 5.74) is 0.0730. The molecular weight excluding hydrogens is 424 g/mol. The van der Waals surface area contributed by atoms with Crippen molar-refractivity contribution in [3.8, 4) is 0 Å². The largest absolute Gasteiger partial charge is 0.390 e. The number of ether oxygens (including phenoxy) is 1. The molecule has 0 aromatic carbocycles. The fourth-order valence-corrected chi connectivity index (χ4v) is 9.20. The number of allylic oxidation sites excluding steroid dienone is 1. The molecule has 0 bridgehead atoms. The lowest BCUT2D eigenvalue weighted by atomic mass is 9.43. The summed E-state index contributed by atoms with van der Waals surface area (Å²) in [5, 5.41) is 21.4. The number of hydrogen-bond acceptors (Lipinski definition) is 4. The van der Waals surface area contributed by atoms with Gasteiger partial charge >= 0.3 is 0 Å². The van der Waals surface area contributed by atoms with Crippen molar-refractivity contribution in [3.63, 3.8) is 0 Å². The van der Waals surface area contributed by atoms with Gasteiger partial charge in [0.05, 0.1) is 23.4 Å². The van der Waals surface area contributed by atoms with Crippen molar-refractivity contribution in [2.75, 3.05) is 0 Å². The topological polar surface area (TPSA) is 66.8 Å². The Kier molecular flexibility index (Phi) is 6.52. The van der Waals surface area contributed by atoms with E-state index >= 15 is 0 Å². The zero-order valence-electron chi connectivity index (χ0n) is 22.9. The first-order valence-electron chi connectivity index (χ1n) is 13.8. The van der Waals surface area contributed by atoms with Crippen LogP contribution >= 0.6 is 0 Å². The van der Waals surface area contributed by atoms with E-state index in [-0.39, 0.29) is 22.3 Å². The summed E-state index contributed by atoms with van der Waals surface area (Å²) in [6.45, 7) is 19.5. The van der Waals surface area contributed by atoms with Crippen LogP contribution in [0.25, 0.3) is 0 Å². The second kappa shape index (κ2) is 8.42. The van der Waals surface area contributed by atoms with Gasteiger partial charge in [0.2, 0.25) is 0 Å². The molecule has 0 spiro atoms. The van der Waals surface area contributed by atoms with Gasteiger partial charge in [0.15, 0.2) is 0 Å². The molecule has 3 aliphatic carbocycles. The van der Waals surface area contributed by atoms with E-state index in [1.165, 1.54) is 24.8 Å². The van der Waals surface area contributed by atoms with Gasteiger partial charge in [-0.25, -0.2) is 0 Å². The summed E-state index contributed by atoms with van der Waals surface area (Å²) in [6, 6.07) is 0. The van der Waals surface area contributed by atoms with Crippen molar-refractivity contribution in [1.82, 2.24) is 0 Å². The normalized spacial score (nSPS) is 45.0. The highest BCUT2D eigenvalue weighted by atomic mass is 16.5. The van der Waals surface area contributed by atoms with Crippen molar-refractivity contribution in [3.05, 3.63) is 12.2 Å². The minimum absolute atomic E-state index is 0.203. The van der Waals surface area contributed by atoms with Crippen LogP contribution < -0.4 is 0 Å². The molecule has 4 heteroatoms. The molecule has 8 atom stereocenters. The predicted octanol–water partition coefficient (Wildman–Crippen LogP) is 6.23. The lowest BCUT2D eigenvalue weighted by Gasteiger charge is -2.61. The maximum absolute atomic E-state index is 12.8. The lowest BCUT2D eigenvalue weighted by molar-refractivity contribution is -0.157. The molecule has 194 valence electrons. The number of aliphatic hydroxyl groups excluding tert-OH is 1. The zero-order valence-corrected chi connectivity index (χ0v) is 22.9. The third-order valence-corrected chi connectivity index (χ3v) is 11.4. The number of aliphatic hydroxyl groups is 2. The maximum atomic E-state index is 12.8. The minimum Gasteiger partial charge on any atom is -0.390 e. The molecular formula is C30H50O4. The highest BCUT2D eigenvalue weighted by Gasteiger charge is 2.63. The molecule has 4 rings (SSSR count). The van der Waals surface area contributed by atoms with Crippen molar-refractivity contribution in [1.29, 1.82) is 0 Å². The number of hydrogen-bond donors (Lipinski definition) is 2. The Hall–Kier alpha value is -0.710. The van der Waals surface area contributed by atoms with Gasteiger partial charge in [0.25, 0.3) is 0 Å². The van der Waals surface area contributed by atoms with E-state index in [9.17, 15) is 15.0 Å². The molecule has 1 saturated heterocycles. The summed E-state index contributed by atoms with van der Waals surface area (Å²) in [6.07, 6.45) is 8.74. The van der Waals surface area contributed by atoms with Crippen molar-refractivity contribution < 1.29 is 19.7 Å². The summed E-state index contributed by atoms with van der Waals surface area (Å²) in [7, 11) is 0. The summed E-state index contributed by atoms with van der Waals surface area (Å²) in [5.74, 6) is 2.07. The SMILES string of the molecule is C=C(CC[C@H](O)[C@@]1(C)CC[C@H](C(C)(C)O)O1)[C@H]1CC[C@H]2[C@@]1(C)CC[C@H]1C(C)(C)C(=O)CC[C@]21C. The molecule has 0 radical (unpaired) electrons. The molecule has 0 unspecified atom stereocenters. The molecule has 1 heterocycles. The van der Waals surface area contributed by atoms with Gasteiger partial charge in [-0.3, -0.25) is 4.79 Å². The zero-order chi connectivity index (χ0) is 25.3. The number of Topliss-reactive ketones (excluding diaryl/α,β-unsaturated/α-hetero) is 1. The molecule has 1 aliphatic heterocycles. The van der Waals surface area contributed by atoms with Crippen LogP contribution in [0.5, 0.6) is 0 Å². The van der Waals surface area contributed by atoms with Crippen LogP contribution in [0.15, 0.2) is 12.2 Å². The van der Waals surface area contributed by atoms with Crippen molar-refractivity contribution in [2.45, 2.75) is 136 Å². The van der Waals surface area contributed by atoms with Crippen LogP contribution in [0.2, 0.25) is 0 Å². The molecule has 4 fully saturated rings. The molecule has 0 amide bonds. The number of carbonyl (C=O) groups is 1. The first-order chi connectivity index (χ1) is 15.6. The Labute approximate surface area is 207 Å². The monoisotopic (exact) mass is 474 g/mol. The smallest absolute Gasteiger partial charge is 0.138 e. The van der Waals surface area contributed by atoms with E-state index < -0.39 is 17.3 Å². The van der Waals surface area contributed by atoms with Crippen LogP contribution in [0.4, 0.5) is 0 Å². The van der Waals surface area contributed by atoms with E-state index in [0.29, 0.717) is 30.0 Å². The van der Waals surface area contributed by atoms with Gasteiger partial charge in [0.1, 0.15) is 5.78 Å². The second-order valence-electron chi connectivity index (χ2n) is 14.3. The fourth-order valence-electron chi connectivity index (χ4n) is 9.20. The molecule has 0 aromatic rings. The average Bonchev–Trinajstić information content (AvgIpc) is 3.31. The Morgan fingerprint density at radius 1 is 1.03 bits per heavy atom. The third-order valence-electron chi connectivity index (χ3n) is 11.4. The Balaban J connectivity index is 1.42. The van der Waals surface area contributed by atoms with Gasteiger partial charge in [0, 0.05) is 11.8 Å². The lowest BCUT2D eigenvalue weighted by Crippen LogP contribution is -2.57. The van der Waals surface area contributed by atoms with E-state index in [1.54, 1.807) is 13.8 Å². The van der Waals surface area contributed by atoms with Crippen LogP contribution in [0.3, 0.4) is 0 Å². The molecule has 0 aromatic heterocycles. The van der Waals surface area contributed by atoms with Gasteiger partial charge in [-0.1, -0.05) is 39.8 Å². The highest BCUT2D eigenvalue weighted by molar-refractivity contribution is 5.85. The predicted molar refractivity (Wildman–Crippen MR) is 136 cm³/mol. The molecule has 4 nitrogen and oxygen atoms in total.